The van der Waals surface area contributed by atoms with Crippen LogP contribution in [-0.2, 0) is 13.1 Å². The van der Waals surface area contributed by atoms with Crippen molar-refractivity contribution in [3.63, 3.8) is 0 Å². The van der Waals surface area contributed by atoms with Crippen LogP contribution in [0.4, 0.5) is 5.82 Å². The lowest BCUT2D eigenvalue weighted by Gasteiger charge is -2.24. The molecule has 11 heteroatoms. The Bertz CT molecular complexity index is 668. The van der Waals surface area contributed by atoms with Crippen molar-refractivity contribution in [3.8, 4) is 0 Å². The van der Waals surface area contributed by atoms with E-state index in [0.29, 0.717) is 5.82 Å². The molecular formula is C10H14N6O5-2. The highest BCUT2D eigenvalue weighted by molar-refractivity contribution is 5.36. The molecule has 0 amide bonds. The monoisotopic (exact) mass is 298 g/mol. The predicted molar refractivity (Wildman–Crippen MR) is 71.4 cm³/mol. The van der Waals surface area contributed by atoms with Crippen molar-refractivity contribution >= 4 is 5.82 Å². The first-order chi connectivity index (χ1) is 9.90. The van der Waals surface area contributed by atoms with Crippen molar-refractivity contribution in [2.45, 2.75) is 26.1 Å². The summed E-state index contributed by atoms with van der Waals surface area (Å²) in [7, 11) is 0. The van der Waals surface area contributed by atoms with Gasteiger partial charge in [-0.2, -0.15) is 0 Å². The Labute approximate surface area is 118 Å². The van der Waals surface area contributed by atoms with E-state index in [9.17, 15) is 20.7 Å². The third-order valence-electron chi connectivity index (χ3n) is 2.94. The van der Waals surface area contributed by atoms with E-state index in [1.54, 1.807) is 6.92 Å². The van der Waals surface area contributed by atoms with Crippen LogP contribution in [0.25, 0.3) is 0 Å². The van der Waals surface area contributed by atoms with Gasteiger partial charge in [-0.05, 0) is 6.92 Å². The SMILES string of the molecule is Cc1ncc(N([O-])O)n1CC(O)Cn1cc[nH]c1=[N+]([O-])[O-]. The number of nitrogens with zero attached hydrogens (tertiary/aromatic N) is 5. The van der Waals surface area contributed by atoms with Gasteiger partial charge >= 0.3 is 5.62 Å². The number of anilines is 1. The van der Waals surface area contributed by atoms with Crippen molar-refractivity contribution in [2.24, 2.45) is 0 Å². The number of aliphatic hydroxyl groups is 1. The number of aromatic nitrogens is 4. The fourth-order valence-electron chi connectivity index (χ4n) is 1.99. The summed E-state index contributed by atoms with van der Waals surface area (Å²) >= 11 is 0. The summed E-state index contributed by atoms with van der Waals surface area (Å²) in [6.45, 7) is 1.50. The number of hydrogen-bond donors (Lipinski definition) is 3. The molecule has 2 rings (SSSR count). The molecule has 3 N–H and O–H groups in total. The fourth-order valence-corrected chi connectivity index (χ4v) is 1.99. The zero-order valence-corrected chi connectivity index (χ0v) is 11.1. The van der Waals surface area contributed by atoms with E-state index in [-0.39, 0.29) is 29.8 Å². The molecule has 1 unspecified atom stereocenters. The molecule has 1 atom stereocenters. The van der Waals surface area contributed by atoms with Gasteiger partial charge in [0.1, 0.15) is 17.7 Å². The molecule has 2 heterocycles. The molecule has 2 aromatic rings. The van der Waals surface area contributed by atoms with Gasteiger partial charge in [0.25, 0.3) is 0 Å². The summed E-state index contributed by atoms with van der Waals surface area (Å²) in [6, 6.07) is 0. The number of hydrogen-bond acceptors (Lipinski definition) is 7. The van der Waals surface area contributed by atoms with E-state index >= 15 is 0 Å². The quantitative estimate of drug-likeness (QED) is 0.588. The molecule has 0 saturated heterocycles. The smallest absolute Gasteiger partial charge is 0.358 e. The molecule has 0 saturated carbocycles. The number of rotatable bonds is 5. The first-order valence-electron chi connectivity index (χ1n) is 5.97. The minimum atomic E-state index is -1.02. The zero-order valence-electron chi connectivity index (χ0n) is 11.1. The Morgan fingerprint density at radius 3 is 2.81 bits per heavy atom. The lowest BCUT2D eigenvalue weighted by molar-refractivity contribution is 0.131. The second-order valence-corrected chi connectivity index (χ2v) is 4.39. The van der Waals surface area contributed by atoms with Gasteiger partial charge in [-0.1, -0.05) is 0 Å². The molecule has 0 aliphatic rings. The van der Waals surface area contributed by atoms with Gasteiger partial charge in [0.2, 0.25) is 0 Å². The summed E-state index contributed by atoms with van der Waals surface area (Å²) < 4.78 is 2.56. The molecule has 2 aromatic heterocycles. The molecule has 0 aliphatic heterocycles. The van der Waals surface area contributed by atoms with Gasteiger partial charge in [0.05, 0.1) is 31.7 Å². The maximum atomic E-state index is 11.0. The Morgan fingerprint density at radius 1 is 1.48 bits per heavy atom. The van der Waals surface area contributed by atoms with Crippen LogP contribution >= 0.6 is 0 Å². The summed E-state index contributed by atoms with van der Waals surface area (Å²) in [5.41, 5.74) is -0.260. The standard InChI is InChI=1S/C10H14N6O5/c1-7-12-4-9(15(18)19)14(7)6-8(17)5-13-3-2-11-10(13)16(20)21/h2-4,8,11,17-18H,5-6H2,1H3/q-2. The molecule has 0 aliphatic carbocycles. The van der Waals surface area contributed by atoms with Crippen LogP contribution < -0.4 is 15.7 Å². The minimum Gasteiger partial charge on any atom is -0.744 e. The van der Waals surface area contributed by atoms with E-state index in [1.807, 2.05) is 0 Å². The Balaban J connectivity index is 2.16. The van der Waals surface area contributed by atoms with Crippen LogP contribution in [0.3, 0.4) is 0 Å². The second-order valence-electron chi connectivity index (χ2n) is 4.39. The van der Waals surface area contributed by atoms with Crippen LogP contribution in [0.5, 0.6) is 0 Å². The van der Waals surface area contributed by atoms with Crippen LogP contribution in [0.1, 0.15) is 5.82 Å². The molecule has 21 heavy (non-hydrogen) atoms. The molecule has 0 radical (unpaired) electrons. The highest BCUT2D eigenvalue weighted by Crippen LogP contribution is 2.15. The van der Waals surface area contributed by atoms with Gasteiger partial charge in [-0.25, -0.2) is 14.5 Å². The van der Waals surface area contributed by atoms with E-state index < -0.39 is 11.0 Å². The van der Waals surface area contributed by atoms with Crippen molar-refractivity contribution in [3.05, 3.63) is 45.7 Å². The topological polar surface area (TPSA) is 154 Å². The Kier molecular flexibility index (Phi) is 4.16. The minimum absolute atomic E-state index is 0.0458. The number of aryl methyl sites for hydroxylation is 1. The number of nitrogens with one attached hydrogen (secondary N) is 1. The maximum absolute atomic E-state index is 11.0. The zero-order chi connectivity index (χ0) is 15.6. The van der Waals surface area contributed by atoms with Crippen molar-refractivity contribution in [2.75, 3.05) is 5.23 Å². The number of imidazole rings is 2. The van der Waals surface area contributed by atoms with E-state index in [4.69, 9.17) is 5.21 Å². The lowest BCUT2D eigenvalue weighted by Crippen LogP contribution is -2.34. The van der Waals surface area contributed by atoms with Gasteiger partial charge in [-0.3, -0.25) is 10.1 Å². The van der Waals surface area contributed by atoms with Crippen molar-refractivity contribution in [1.29, 1.82) is 0 Å². The van der Waals surface area contributed by atoms with Gasteiger partial charge in [-0.15, -0.1) is 0 Å². The molecule has 116 valence electrons. The fraction of sp³-hybridized carbons (Fsp3) is 0.400. The molecule has 11 nitrogen and oxygen atoms in total. The average molecular weight is 298 g/mol. The number of aliphatic hydroxyl groups excluding tert-OH is 1. The normalized spacial score (nSPS) is 12.4. The molecule has 0 spiro atoms. The third kappa shape index (κ3) is 3.16. The van der Waals surface area contributed by atoms with Gasteiger partial charge in [0.15, 0.2) is 0 Å². The highest BCUT2D eigenvalue weighted by Gasteiger charge is 2.15. The summed E-state index contributed by atoms with van der Waals surface area (Å²) in [4.78, 5) is 5.71. The first-order valence-corrected chi connectivity index (χ1v) is 5.97. The van der Waals surface area contributed by atoms with Gasteiger partial charge in [0, 0.05) is 0 Å². The largest absolute Gasteiger partial charge is 0.744 e. The maximum Gasteiger partial charge on any atom is 0.358 e. The average Bonchev–Trinajstić information content (AvgIpc) is 2.97. The van der Waals surface area contributed by atoms with E-state index in [0.717, 1.165) is 0 Å². The van der Waals surface area contributed by atoms with E-state index in [2.05, 4.69) is 9.97 Å². The Hall–Kier alpha value is -2.50. The summed E-state index contributed by atoms with van der Waals surface area (Å²) in [5, 5.41) is 51.1. The van der Waals surface area contributed by atoms with Crippen LogP contribution in [-0.4, -0.2) is 35.5 Å². The molecule has 0 aromatic carbocycles. The second kappa shape index (κ2) is 5.87. The van der Waals surface area contributed by atoms with Crippen LogP contribution in [0.15, 0.2) is 18.6 Å². The summed E-state index contributed by atoms with van der Waals surface area (Å²) in [5.74, 6) is 0.299. The van der Waals surface area contributed by atoms with Crippen LogP contribution in [0.2, 0.25) is 0 Å². The molecular weight excluding hydrogens is 284 g/mol. The molecule has 0 bridgehead atoms. The number of H-pyrrole nitrogens is 1. The third-order valence-corrected chi connectivity index (χ3v) is 2.94. The van der Waals surface area contributed by atoms with Gasteiger partial charge < -0.3 is 30.5 Å². The summed E-state index contributed by atoms with van der Waals surface area (Å²) in [6.07, 6.45) is 2.96. The highest BCUT2D eigenvalue weighted by atomic mass is 16.8. The van der Waals surface area contributed by atoms with E-state index in [1.165, 1.54) is 27.7 Å². The first kappa shape index (κ1) is 14.9. The van der Waals surface area contributed by atoms with Crippen molar-refractivity contribution in [1.82, 2.24) is 24.0 Å². The molecule has 0 fully saturated rings. The lowest BCUT2D eigenvalue weighted by atomic mass is 10.3. The predicted octanol–water partition coefficient (Wildman–Crippen LogP) is -1.16. The van der Waals surface area contributed by atoms with Crippen LogP contribution in [0, 0.1) is 22.5 Å². The number of aromatic amines is 1. The van der Waals surface area contributed by atoms with Crippen molar-refractivity contribution < 1.29 is 10.3 Å². The Morgan fingerprint density at radius 2 is 2.19 bits per heavy atom.